The van der Waals surface area contributed by atoms with Crippen LogP contribution >= 0.6 is 0 Å². The molecule has 1 aromatic carbocycles. The van der Waals surface area contributed by atoms with E-state index >= 15 is 0 Å². The van der Waals surface area contributed by atoms with Gasteiger partial charge in [-0.1, -0.05) is 30.3 Å². The molecular formula is C19H32N2O2. The van der Waals surface area contributed by atoms with Gasteiger partial charge in [0.15, 0.2) is 0 Å². The first-order valence-electron chi connectivity index (χ1n) is 8.52. The number of benzene rings is 1. The molecule has 0 aliphatic rings. The van der Waals surface area contributed by atoms with E-state index in [9.17, 15) is 4.79 Å². The van der Waals surface area contributed by atoms with Crippen LogP contribution in [0.5, 0.6) is 0 Å². The zero-order valence-electron chi connectivity index (χ0n) is 15.3. The summed E-state index contributed by atoms with van der Waals surface area (Å²) in [4.78, 5) is 16.2. The minimum Gasteiger partial charge on any atom is -0.444 e. The maximum Gasteiger partial charge on any atom is 0.410 e. The number of amides is 1. The molecule has 0 radical (unpaired) electrons. The van der Waals surface area contributed by atoms with E-state index in [0.29, 0.717) is 6.54 Å². The van der Waals surface area contributed by atoms with Crippen LogP contribution in [0, 0.1) is 0 Å². The fourth-order valence-corrected chi connectivity index (χ4v) is 2.31. The summed E-state index contributed by atoms with van der Waals surface area (Å²) in [5.41, 5.74) is 0.931. The molecule has 0 saturated carbocycles. The lowest BCUT2D eigenvalue weighted by Crippen LogP contribution is -2.38. The number of carbonyl (C=O) groups is 1. The highest BCUT2D eigenvalue weighted by atomic mass is 16.6. The molecule has 0 unspecified atom stereocenters. The molecule has 0 heterocycles. The molecule has 4 nitrogen and oxygen atoms in total. The van der Waals surface area contributed by atoms with Crippen LogP contribution in [-0.2, 0) is 11.2 Å². The number of ether oxygens (including phenoxy) is 1. The Balaban J connectivity index is 2.26. The standard InChI is InChI=1S/C19H32N2O2/c1-6-21(18(22)23-19(2,3)4)15-10-14-20(5)16-13-17-11-8-7-9-12-17/h7-9,11-12H,6,10,13-16H2,1-5H3. The van der Waals surface area contributed by atoms with Crippen LogP contribution in [0.2, 0.25) is 0 Å². The van der Waals surface area contributed by atoms with Crippen molar-refractivity contribution in [3.8, 4) is 0 Å². The minimum atomic E-state index is -0.434. The maximum atomic E-state index is 12.1. The van der Waals surface area contributed by atoms with Crippen LogP contribution in [-0.4, -0.2) is 54.7 Å². The second-order valence-electron chi connectivity index (χ2n) is 6.95. The molecule has 0 spiro atoms. The van der Waals surface area contributed by atoms with Gasteiger partial charge in [0.2, 0.25) is 0 Å². The van der Waals surface area contributed by atoms with Crippen molar-refractivity contribution >= 4 is 6.09 Å². The van der Waals surface area contributed by atoms with Crippen molar-refractivity contribution in [2.24, 2.45) is 0 Å². The van der Waals surface area contributed by atoms with E-state index in [-0.39, 0.29) is 6.09 Å². The first-order valence-corrected chi connectivity index (χ1v) is 8.52. The average Bonchev–Trinajstić information content (AvgIpc) is 2.48. The van der Waals surface area contributed by atoms with E-state index in [1.807, 2.05) is 33.8 Å². The molecule has 0 saturated heterocycles. The highest BCUT2D eigenvalue weighted by molar-refractivity contribution is 5.68. The summed E-state index contributed by atoms with van der Waals surface area (Å²) < 4.78 is 5.43. The van der Waals surface area contributed by atoms with Gasteiger partial charge in [-0.15, -0.1) is 0 Å². The molecule has 1 amide bonds. The van der Waals surface area contributed by atoms with Crippen LogP contribution in [0.3, 0.4) is 0 Å². The van der Waals surface area contributed by atoms with Crippen molar-refractivity contribution in [2.45, 2.75) is 46.1 Å². The van der Waals surface area contributed by atoms with Crippen molar-refractivity contribution in [1.82, 2.24) is 9.80 Å². The topological polar surface area (TPSA) is 32.8 Å². The normalized spacial score (nSPS) is 11.6. The van der Waals surface area contributed by atoms with E-state index in [2.05, 4.69) is 36.2 Å². The SMILES string of the molecule is CCN(CCCN(C)CCc1ccccc1)C(=O)OC(C)(C)C. The van der Waals surface area contributed by atoms with E-state index in [1.165, 1.54) is 5.56 Å². The summed E-state index contributed by atoms with van der Waals surface area (Å²) in [5, 5.41) is 0. The average molecular weight is 320 g/mol. The third kappa shape index (κ3) is 8.60. The summed E-state index contributed by atoms with van der Waals surface area (Å²) in [7, 11) is 2.13. The van der Waals surface area contributed by atoms with Crippen LogP contribution in [0.1, 0.15) is 39.7 Å². The Bertz CT molecular complexity index is 454. The quantitative estimate of drug-likeness (QED) is 0.730. The third-order valence-corrected chi connectivity index (χ3v) is 3.63. The Kier molecular flexibility index (Phi) is 8.10. The number of likely N-dealkylation sites (N-methyl/N-ethyl adjacent to an activating group) is 1. The Morgan fingerprint density at radius 3 is 2.30 bits per heavy atom. The molecule has 0 N–H and O–H groups in total. The third-order valence-electron chi connectivity index (χ3n) is 3.63. The minimum absolute atomic E-state index is 0.216. The van der Waals surface area contributed by atoms with Gasteiger partial charge in [0, 0.05) is 19.6 Å². The molecular weight excluding hydrogens is 288 g/mol. The van der Waals surface area contributed by atoms with Gasteiger partial charge in [0.25, 0.3) is 0 Å². The van der Waals surface area contributed by atoms with Gasteiger partial charge in [-0.25, -0.2) is 4.79 Å². The van der Waals surface area contributed by atoms with E-state index in [4.69, 9.17) is 4.74 Å². The number of rotatable bonds is 8. The van der Waals surface area contributed by atoms with E-state index in [1.54, 1.807) is 4.90 Å². The van der Waals surface area contributed by atoms with Crippen LogP contribution in [0.25, 0.3) is 0 Å². The smallest absolute Gasteiger partial charge is 0.410 e. The molecule has 0 aliphatic heterocycles. The molecule has 0 atom stereocenters. The molecule has 0 aromatic heterocycles. The summed E-state index contributed by atoms with van der Waals surface area (Å²) in [6.07, 6.45) is 1.80. The number of hydrogen-bond acceptors (Lipinski definition) is 3. The van der Waals surface area contributed by atoms with Crippen molar-refractivity contribution in [2.75, 3.05) is 33.2 Å². The summed E-state index contributed by atoms with van der Waals surface area (Å²) in [6.45, 7) is 11.1. The van der Waals surface area contributed by atoms with Crippen LogP contribution in [0.4, 0.5) is 4.79 Å². The second kappa shape index (κ2) is 9.56. The van der Waals surface area contributed by atoms with Gasteiger partial charge in [-0.3, -0.25) is 0 Å². The van der Waals surface area contributed by atoms with Crippen molar-refractivity contribution < 1.29 is 9.53 Å². The molecule has 0 fully saturated rings. The van der Waals surface area contributed by atoms with Gasteiger partial charge in [-0.05, 0) is 59.7 Å². The lowest BCUT2D eigenvalue weighted by molar-refractivity contribution is 0.0254. The van der Waals surface area contributed by atoms with Gasteiger partial charge >= 0.3 is 6.09 Å². The second-order valence-corrected chi connectivity index (χ2v) is 6.95. The Morgan fingerprint density at radius 2 is 1.74 bits per heavy atom. The highest BCUT2D eigenvalue weighted by Gasteiger charge is 2.20. The number of nitrogens with zero attached hydrogens (tertiary/aromatic N) is 2. The van der Waals surface area contributed by atoms with Gasteiger partial charge in [0.1, 0.15) is 5.60 Å². The van der Waals surface area contributed by atoms with Gasteiger partial charge in [-0.2, -0.15) is 0 Å². The zero-order valence-corrected chi connectivity index (χ0v) is 15.3. The number of carbonyl (C=O) groups excluding carboxylic acids is 1. The lowest BCUT2D eigenvalue weighted by Gasteiger charge is -2.27. The molecule has 4 heteroatoms. The molecule has 0 bridgehead atoms. The predicted molar refractivity (Wildman–Crippen MR) is 95.7 cm³/mol. The van der Waals surface area contributed by atoms with Crippen LogP contribution in [0.15, 0.2) is 30.3 Å². The van der Waals surface area contributed by atoms with Crippen molar-refractivity contribution in [1.29, 1.82) is 0 Å². The highest BCUT2D eigenvalue weighted by Crippen LogP contribution is 2.10. The molecule has 0 aliphatic carbocycles. The fourth-order valence-electron chi connectivity index (χ4n) is 2.31. The van der Waals surface area contributed by atoms with E-state index < -0.39 is 5.60 Å². The Morgan fingerprint density at radius 1 is 1.09 bits per heavy atom. The van der Waals surface area contributed by atoms with Gasteiger partial charge < -0.3 is 14.5 Å². The van der Waals surface area contributed by atoms with Crippen LogP contribution < -0.4 is 0 Å². The maximum absolute atomic E-state index is 12.1. The Hall–Kier alpha value is -1.55. The fraction of sp³-hybridized carbons (Fsp3) is 0.632. The summed E-state index contributed by atoms with van der Waals surface area (Å²) in [5.74, 6) is 0. The summed E-state index contributed by atoms with van der Waals surface area (Å²) >= 11 is 0. The number of hydrogen-bond donors (Lipinski definition) is 0. The van der Waals surface area contributed by atoms with Crippen molar-refractivity contribution in [3.63, 3.8) is 0 Å². The first-order chi connectivity index (χ1) is 10.8. The molecule has 130 valence electrons. The predicted octanol–water partition coefficient (Wildman–Crippen LogP) is 3.81. The first kappa shape index (κ1) is 19.5. The van der Waals surface area contributed by atoms with Crippen molar-refractivity contribution in [3.05, 3.63) is 35.9 Å². The monoisotopic (exact) mass is 320 g/mol. The molecule has 1 aromatic rings. The Labute approximate surface area is 141 Å². The molecule has 1 rings (SSSR count). The van der Waals surface area contributed by atoms with E-state index in [0.717, 1.165) is 32.5 Å². The zero-order chi connectivity index (χ0) is 17.3. The molecule has 23 heavy (non-hydrogen) atoms. The van der Waals surface area contributed by atoms with Gasteiger partial charge in [0.05, 0.1) is 0 Å². The lowest BCUT2D eigenvalue weighted by atomic mass is 10.1. The summed E-state index contributed by atoms with van der Waals surface area (Å²) in [6, 6.07) is 10.5. The largest absolute Gasteiger partial charge is 0.444 e.